The second-order valence-electron chi connectivity index (χ2n) is 5.83. The summed E-state index contributed by atoms with van der Waals surface area (Å²) in [7, 11) is 1.51. The molecule has 1 heterocycles. The van der Waals surface area contributed by atoms with Crippen molar-refractivity contribution in [2.45, 2.75) is 0 Å². The quantitative estimate of drug-likeness (QED) is 0.468. The van der Waals surface area contributed by atoms with Gasteiger partial charge in [-0.15, -0.1) is 0 Å². The molecular formula is C21H15ClN2O3. The van der Waals surface area contributed by atoms with E-state index in [0.717, 1.165) is 11.3 Å². The fourth-order valence-corrected chi connectivity index (χ4v) is 2.83. The molecule has 0 aliphatic heterocycles. The Bertz CT molecular complexity index is 1130. The van der Waals surface area contributed by atoms with Crippen LogP contribution < -0.4 is 4.74 Å². The van der Waals surface area contributed by atoms with Gasteiger partial charge < -0.3 is 14.3 Å². The highest BCUT2D eigenvalue weighted by molar-refractivity contribution is 6.31. The molecule has 4 rings (SSSR count). The van der Waals surface area contributed by atoms with Crippen LogP contribution in [0.25, 0.3) is 22.6 Å². The first-order valence-electron chi connectivity index (χ1n) is 8.20. The van der Waals surface area contributed by atoms with Crippen LogP contribution in [0.3, 0.4) is 0 Å². The number of aromatic nitrogens is 1. The molecule has 0 fully saturated rings. The molecule has 1 N–H and O–H groups in total. The number of methoxy groups -OCH3 is 1. The highest BCUT2D eigenvalue weighted by Gasteiger charge is 2.09. The Morgan fingerprint density at radius 3 is 2.70 bits per heavy atom. The maximum absolute atomic E-state index is 10.1. The predicted molar refractivity (Wildman–Crippen MR) is 106 cm³/mol. The number of para-hydroxylation sites is 1. The molecule has 134 valence electrons. The highest BCUT2D eigenvalue weighted by Crippen LogP contribution is 2.30. The van der Waals surface area contributed by atoms with Crippen molar-refractivity contribution < 1.29 is 14.3 Å². The van der Waals surface area contributed by atoms with Crippen molar-refractivity contribution >= 4 is 34.6 Å². The summed E-state index contributed by atoms with van der Waals surface area (Å²) < 4.78 is 10.9. The first kappa shape index (κ1) is 17.1. The first-order chi connectivity index (χ1) is 13.1. The maximum Gasteiger partial charge on any atom is 0.227 e. The molecule has 0 aliphatic carbocycles. The highest BCUT2D eigenvalue weighted by atomic mass is 35.5. The maximum atomic E-state index is 10.1. The van der Waals surface area contributed by atoms with Gasteiger partial charge in [0.1, 0.15) is 5.52 Å². The van der Waals surface area contributed by atoms with Crippen LogP contribution in [0.5, 0.6) is 11.5 Å². The lowest BCUT2D eigenvalue weighted by Crippen LogP contribution is -1.88. The average molecular weight is 379 g/mol. The second-order valence-corrected chi connectivity index (χ2v) is 6.27. The standard InChI is InChI=1S/C21H15ClN2O3/c1-26-19-4-2-3-14(20(19)25)12-23-16-8-5-13(6-9-16)21-24-17-11-15(22)7-10-18(17)27-21/h2-12,25H,1H3. The molecule has 0 spiro atoms. The van der Waals surface area contributed by atoms with E-state index in [2.05, 4.69) is 9.98 Å². The number of phenols is 1. The Morgan fingerprint density at radius 1 is 1.11 bits per heavy atom. The van der Waals surface area contributed by atoms with E-state index in [1.54, 1.807) is 42.6 Å². The zero-order chi connectivity index (χ0) is 18.8. The fraction of sp³-hybridized carbons (Fsp3) is 0.0476. The summed E-state index contributed by atoms with van der Waals surface area (Å²) in [6.07, 6.45) is 1.59. The third-order valence-electron chi connectivity index (χ3n) is 4.07. The molecule has 3 aromatic carbocycles. The number of phenolic OH excluding ortho intramolecular Hbond substituents is 1. The zero-order valence-corrected chi connectivity index (χ0v) is 15.1. The monoisotopic (exact) mass is 378 g/mol. The van der Waals surface area contributed by atoms with Crippen LogP contribution >= 0.6 is 11.6 Å². The molecule has 4 aromatic rings. The van der Waals surface area contributed by atoms with Gasteiger partial charge in [-0.05, 0) is 54.6 Å². The molecular weight excluding hydrogens is 364 g/mol. The molecule has 0 amide bonds. The predicted octanol–water partition coefficient (Wildman–Crippen LogP) is 5.61. The summed E-state index contributed by atoms with van der Waals surface area (Å²) in [5, 5.41) is 10.7. The summed E-state index contributed by atoms with van der Waals surface area (Å²) >= 11 is 5.99. The third-order valence-corrected chi connectivity index (χ3v) is 4.30. The molecule has 27 heavy (non-hydrogen) atoms. The van der Waals surface area contributed by atoms with Gasteiger partial charge in [0.15, 0.2) is 17.1 Å². The van der Waals surface area contributed by atoms with Crippen LogP contribution in [0.15, 0.2) is 70.1 Å². The molecule has 1 aromatic heterocycles. The van der Waals surface area contributed by atoms with E-state index in [4.69, 9.17) is 20.8 Å². The zero-order valence-electron chi connectivity index (χ0n) is 14.4. The average Bonchev–Trinajstić information content (AvgIpc) is 3.11. The minimum absolute atomic E-state index is 0.0607. The van der Waals surface area contributed by atoms with Gasteiger partial charge in [-0.1, -0.05) is 17.7 Å². The van der Waals surface area contributed by atoms with Gasteiger partial charge in [-0.25, -0.2) is 4.98 Å². The molecule has 5 nitrogen and oxygen atoms in total. The minimum atomic E-state index is 0.0607. The number of ether oxygens (including phenoxy) is 1. The Balaban J connectivity index is 1.58. The van der Waals surface area contributed by atoms with Gasteiger partial charge in [0, 0.05) is 22.4 Å². The van der Waals surface area contributed by atoms with Crippen LogP contribution in [0.2, 0.25) is 5.02 Å². The number of aliphatic imine (C=N–C) groups is 1. The fourth-order valence-electron chi connectivity index (χ4n) is 2.67. The van der Waals surface area contributed by atoms with Crippen molar-refractivity contribution in [1.29, 1.82) is 0 Å². The summed E-state index contributed by atoms with van der Waals surface area (Å²) in [6, 6.07) is 18.0. The second kappa shape index (κ2) is 7.13. The van der Waals surface area contributed by atoms with Crippen molar-refractivity contribution in [3.63, 3.8) is 0 Å². The summed E-state index contributed by atoms with van der Waals surface area (Å²) in [5.41, 5.74) is 3.55. The van der Waals surface area contributed by atoms with Gasteiger partial charge in [0.2, 0.25) is 5.89 Å². The van der Waals surface area contributed by atoms with E-state index in [-0.39, 0.29) is 5.75 Å². The van der Waals surface area contributed by atoms with Crippen molar-refractivity contribution in [3.05, 3.63) is 71.2 Å². The van der Waals surface area contributed by atoms with E-state index in [1.807, 2.05) is 24.3 Å². The lowest BCUT2D eigenvalue weighted by atomic mass is 10.2. The molecule has 0 saturated heterocycles. The first-order valence-corrected chi connectivity index (χ1v) is 8.58. The van der Waals surface area contributed by atoms with Crippen molar-refractivity contribution in [3.8, 4) is 23.0 Å². The van der Waals surface area contributed by atoms with E-state index >= 15 is 0 Å². The number of fused-ring (bicyclic) bond motifs is 1. The smallest absolute Gasteiger partial charge is 0.227 e. The van der Waals surface area contributed by atoms with E-state index in [9.17, 15) is 5.11 Å². The number of hydrogen-bond acceptors (Lipinski definition) is 5. The van der Waals surface area contributed by atoms with Crippen molar-refractivity contribution in [2.75, 3.05) is 7.11 Å². The van der Waals surface area contributed by atoms with E-state index in [1.165, 1.54) is 7.11 Å². The molecule has 0 saturated carbocycles. The van der Waals surface area contributed by atoms with Crippen LogP contribution in [0.1, 0.15) is 5.56 Å². The molecule has 0 atom stereocenters. The normalized spacial score (nSPS) is 11.3. The number of rotatable bonds is 4. The van der Waals surface area contributed by atoms with E-state index in [0.29, 0.717) is 33.3 Å². The van der Waals surface area contributed by atoms with Crippen LogP contribution in [-0.4, -0.2) is 23.4 Å². The Labute approximate surface area is 160 Å². The largest absolute Gasteiger partial charge is 0.504 e. The number of nitrogens with zero attached hydrogens (tertiary/aromatic N) is 2. The number of benzene rings is 3. The Kier molecular flexibility index (Phi) is 4.52. The third kappa shape index (κ3) is 3.50. The Hall–Kier alpha value is -3.31. The van der Waals surface area contributed by atoms with E-state index < -0.39 is 0 Å². The van der Waals surface area contributed by atoms with Gasteiger partial charge in [0.25, 0.3) is 0 Å². The summed E-state index contributed by atoms with van der Waals surface area (Å²) in [6.45, 7) is 0. The van der Waals surface area contributed by atoms with Crippen LogP contribution in [0.4, 0.5) is 5.69 Å². The summed E-state index contributed by atoms with van der Waals surface area (Å²) in [5.74, 6) is 0.990. The van der Waals surface area contributed by atoms with Crippen LogP contribution in [-0.2, 0) is 0 Å². The van der Waals surface area contributed by atoms with Gasteiger partial charge in [-0.3, -0.25) is 4.99 Å². The Morgan fingerprint density at radius 2 is 1.93 bits per heavy atom. The number of oxazole rings is 1. The van der Waals surface area contributed by atoms with Gasteiger partial charge in [-0.2, -0.15) is 0 Å². The lowest BCUT2D eigenvalue weighted by molar-refractivity contribution is 0.373. The van der Waals surface area contributed by atoms with Gasteiger partial charge in [0.05, 0.1) is 12.8 Å². The van der Waals surface area contributed by atoms with Gasteiger partial charge >= 0.3 is 0 Å². The summed E-state index contributed by atoms with van der Waals surface area (Å²) in [4.78, 5) is 8.85. The van der Waals surface area contributed by atoms with Crippen molar-refractivity contribution in [2.24, 2.45) is 4.99 Å². The topological polar surface area (TPSA) is 67.9 Å². The lowest BCUT2D eigenvalue weighted by Gasteiger charge is -2.04. The van der Waals surface area contributed by atoms with Crippen molar-refractivity contribution in [1.82, 2.24) is 4.98 Å². The minimum Gasteiger partial charge on any atom is -0.504 e. The van der Waals surface area contributed by atoms with Crippen LogP contribution in [0, 0.1) is 0 Å². The molecule has 0 aliphatic rings. The molecule has 0 radical (unpaired) electrons. The molecule has 6 heteroatoms. The number of hydrogen-bond donors (Lipinski definition) is 1. The SMILES string of the molecule is COc1cccc(C=Nc2ccc(-c3nc4cc(Cl)ccc4o3)cc2)c1O. The molecule has 0 bridgehead atoms. The molecule has 0 unspecified atom stereocenters. The number of aromatic hydroxyl groups is 1. The number of halogens is 1.